The molecule has 1 aromatic carbocycles. The van der Waals surface area contributed by atoms with Crippen molar-refractivity contribution in [2.24, 2.45) is 0 Å². The number of aromatic nitrogens is 2. The van der Waals surface area contributed by atoms with Crippen LogP contribution in [0, 0.1) is 12.7 Å². The third kappa shape index (κ3) is 3.59. The fourth-order valence-electron chi connectivity index (χ4n) is 3.04. The number of carbonyl (C=O) groups excluding carboxylic acids is 1. The second-order valence-corrected chi connectivity index (χ2v) is 5.91. The van der Waals surface area contributed by atoms with Crippen molar-refractivity contribution in [2.45, 2.75) is 25.8 Å². The van der Waals surface area contributed by atoms with Gasteiger partial charge in [-0.3, -0.25) is 9.69 Å². The maximum atomic E-state index is 14.2. The Labute approximate surface area is 134 Å². The van der Waals surface area contributed by atoms with Crippen LogP contribution in [0.3, 0.4) is 0 Å². The first kappa shape index (κ1) is 15.7. The number of aryl methyl sites for hydroxylation is 1. The molecule has 122 valence electrons. The Kier molecular flexibility index (Phi) is 4.71. The van der Waals surface area contributed by atoms with E-state index in [1.165, 1.54) is 6.07 Å². The van der Waals surface area contributed by atoms with Gasteiger partial charge in [0.15, 0.2) is 5.82 Å². The van der Waals surface area contributed by atoms with Gasteiger partial charge in [-0.1, -0.05) is 18.2 Å². The van der Waals surface area contributed by atoms with Gasteiger partial charge >= 0.3 is 0 Å². The largest absolute Gasteiger partial charge is 0.347 e. The van der Waals surface area contributed by atoms with Gasteiger partial charge in [-0.15, -0.1) is 0 Å². The van der Waals surface area contributed by atoms with Gasteiger partial charge in [-0.05, 0) is 38.9 Å². The minimum Gasteiger partial charge on any atom is -0.347 e. The summed E-state index contributed by atoms with van der Waals surface area (Å²) >= 11 is 0. The molecule has 2 aromatic rings. The van der Waals surface area contributed by atoms with Crippen LogP contribution in [0.1, 0.15) is 40.8 Å². The molecule has 23 heavy (non-hydrogen) atoms. The van der Waals surface area contributed by atoms with Crippen molar-refractivity contribution < 1.29 is 9.18 Å². The molecule has 2 heterocycles. The number of nitrogens with one attached hydrogen (secondary N) is 2. The molecule has 0 unspecified atom stereocenters. The van der Waals surface area contributed by atoms with E-state index in [1.807, 2.05) is 13.0 Å². The molecule has 1 saturated heterocycles. The Balaban J connectivity index is 1.74. The van der Waals surface area contributed by atoms with Crippen LogP contribution >= 0.6 is 0 Å². The number of carbonyl (C=O) groups is 1. The Morgan fingerprint density at radius 3 is 2.78 bits per heavy atom. The zero-order valence-electron chi connectivity index (χ0n) is 13.2. The van der Waals surface area contributed by atoms with Gasteiger partial charge in [-0.2, -0.15) is 0 Å². The summed E-state index contributed by atoms with van der Waals surface area (Å²) in [5.41, 5.74) is 1.46. The molecule has 0 radical (unpaired) electrons. The summed E-state index contributed by atoms with van der Waals surface area (Å²) in [5, 5.41) is 2.87. The van der Waals surface area contributed by atoms with E-state index in [-0.39, 0.29) is 23.6 Å². The van der Waals surface area contributed by atoms with Crippen LogP contribution in [0.5, 0.6) is 0 Å². The SMILES string of the molecule is Cc1cnc(C(=O)NC[C@@H](c2ccccc2F)N2CCCC2)[nH]1. The Hall–Kier alpha value is -2.21. The van der Waals surface area contributed by atoms with Crippen LogP contribution in [0.4, 0.5) is 4.39 Å². The molecule has 1 aliphatic rings. The lowest BCUT2D eigenvalue weighted by molar-refractivity contribution is 0.0927. The van der Waals surface area contributed by atoms with E-state index >= 15 is 0 Å². The molecule has 3 rings (SSSR count). The first-order chi connectivity index (χ1) is 11.1. The molecule has 1 aromatic heterocycles. The van der Waals surface area contributed by atoms with Crippen LogP contribution in [0.15, 0.2) is 30.5 Å². The Morgan fingerprint density at radius 2 is 2.13 bits per heavy atom. The average Bonchev–Trinajstić information content (AvgIpc) is 3.21. The number of benzene rings is 1. The monoisotopic (exact) mass is 316 g/mol. The molecule has 1 amide bonds. The highest BCUT2D eigenvalue weighted by Gasteiger charge is 2.26. The first-order valence-corrected chi connectivity index (χ1v) is 7.93. The highest BCUT2D eigenvalue weighted by atomic mass is 19.1. The zero-order chi connectivity index (χ0) is 16.2. The fourth-order valence-corrected chi connectivity index (χ4v) is 3.04. The van der Waals surface area contributed by atoms with Gasteiger partial charge in [-0.25, -0.2) is 9.37 Å². The van der Waals surface area contributed by atoms with Crippen molar-refractivity contribution in [1.82, 2.24) is 20.2 Å². The summed E-state index contributed by atoms with van der Waals surface area (Å²) in [5.74, 6) is -0.206. The van der Waals surface area contributed by atoms with Crippen LogP contribution in [-0.2, 0) is 0 Å². The van der Waals surface area contributed by atoms with Crippen LogP contribution < -0.4 is 5.32 Å². The summed E-state index contributed by atoms with van der Waals surface area (Å²) in [6.07, 6.45) is 3.83. The van der Waals surface area contributed by atoms with Crippen molar-refractivity contribution in [3.05, 3.63) is 53.4 Å². The van der Waals surface area contributed by atoms with Gasteiger partial charge < -0.3 is 10.3 Å². The van der Waals surface area contributed by atoms with Gasteiger partial charge in [0.2, 0.25) is 0 Å². The molecule has 1 fully saturated rings. The highest BCUT2D eigenvalue weighted by molar-refractivity contribution is 5.90. The predicted molar refractivity (Wildman–Crippen MR) is 85.6 cm³/mol. The van der Waals surface area contributed by atoms with E-state index in [4.69, 9.17) is 0 Å². The number of nitrogens with zero attached hydrogens (tertiary/aromatic N) is 2. The van der Waals surface area contributed by atoms with Crippen molar-refractivity contribution in [2.75, 3.05) is 19.6 Å². The molecular formula is C17H21FN4O. The number of amides is 1. The highest BCUT2D eigenvalue weighted by Crippen LogP contribution is 2.26. The lowest BCUT2D eigenvalue weighted by atomic mass is 10.0. The summed E-state index contributed by atoms with van der Waals surface area (Å²) in [7, 11) is 0. The Morgan fingerprint density at radius 1 is 1.39 bits per heavy atom. The number of halogens is 1. The minimum atomic E-state index is -0.265. The number of rotatable bonds is 5. The Bertz CT molecular complexity index is 679. The molecule has 0 spiro atoms. The molecule has 1 aliphatic heterocycles. The quantitative estimate of drug-likeness (QED) is 0.890. The van der Waals surface area contributed by atoms with E-state index in [9.17, 15) is 9.18 Å². The smallest absolute Gasteiger partial charge is 0.287 e. The normalized spacial score (nSPS) is 16.4. The van der Waals surface area contributed by atoms with E-state index in [2.05, 4.69) is 20.2 Å². The lowest BCUT2D eigenvalue weighted by Gasteiger charge is -2.28. The fraction of sp³-hybridized carbons (Fsp3) is 0.412. The predicted octanol–water partition coefficient (Wildman–Crippen LogP) is 2.42. The zero-order valence-corrected chi connectivity index (χ0v) is 13.2. The summed E-state index contributed by atoms with van der Waals surface area (Å²) in [6.45, 7) is 4.05. The van der Waals surface area contributed by atoms with E-state index in [0.29, 0.717) is 12.1 Å². The number of H-pyrrole nitrogens is 1. The van der Waals surface area contributed by atoms with Crippen molar-refractivity contribution >= 4 is 5.91 Å². The number of imidazole rings is 1. The van der Waals surface area contributed by atoms with Crippen LogP contribution in [-0.4, -0.2) is 40.4 Å². The van der Waals surface area contributed by atoms with Crippen LogP contribution in [0.25, 0.3) is 0 Å². The average molecular weight is 316 g/mol. The summed E-state index contributed by atoms with van der Waals surface area (Å²) in [4.78, 5) is 21.3. The molecule has 0 aliphatic carbocycles. The first-order valence-electron chi connectivity index (χ1n) is 7.93. The van der Waals surface area contributed by atoms with E-state index < -0.39 is 0 Å². The number of hydrogen-bond acceptors (Lipinski definition) is 3. The van der Waals surface area contributed by atoms with E-state index in [1.54, 1.807) is 18.3 Å². The minimum absolute atomic E-state index is 0.154. The van der Waals surface area contributed by atoms with Gasteiger partial charge in [0.25, 0.3) is 5.91 Å². The molecule has 5 nitrogen and oxygen atoms in total. The standard InChI is InChI=1S/C17H21FN4O/c1-12-10-19-16(21-12)17(23)20-11-15(22-8-4-5-9-22)13-6-2-3-7-14(13)18/h2-3,6-7,10,15H,4-5,8-9,11H2,1H3,(H,19,21)(H,20,23)/t15-/m0/s1. The van der Waals surface area contributed by atoms with Gasteiger partial charge in [0.05, 0.1) is 6.04 Å². The summed E-state index contributed by atoms with van der Waals surface area (Å²) in [6, 6.07) is 6.62. The molecule has 1 atom stereocenters. The van der Waals surface area contributed by atoms with Crippen LogP contribution in [0.2, 0.25) is 0 Å². The number of likely N-dealkylation sites (tertiary alicyclic amines) is 1. The van der Waals surface area contributed by atoms with Gasteiger partial charge in [0, 0.05) is 24.0 Å². The topological polar surface area (TPSA) is 61.0 Å². The van der Waals surface area contributed by atoms with Gasteiger partial charge in [0.1, 0.15) is 5.82 Å². The second-order valence-electron chi connectivity index (χ2n) is 5.91. The maximum Gasteiger partial charge on any atom is 0.287 e. The number of aromatic amines is 1. The lowest BCUT2D eigenvalue weighted by Crippen LogP contribution is -2.37. The molecule has 0 bridgehead atoms. The molecule has 2 N–H and O–H groups in total. The van der Waals surface area contributed by atoms with E-state index in [0.717, 1.165) is 31.6 Å². The van der Waals surface area contributed by atoms with Crippen molar-refractivity contribution in [3.8, 4) is 0 Å². The third-order valence-corrected chi connectivity index (χ3v) is 4.22. The second kappa shape index (κ2) is 6.91. The molecular weight excluding hydrogens is 295 g/mol. The molecule has 6 heteroatoms. The van der Waals surface area contributed by atoms with Crippen molar-refractivity contribution in [3.63, 3.8) is 0 Å². The summed E-state index contributed by atoms with van der Waals surface area (Å²) < 4.78 is 14.2. The third-order valence-electron chi connectivity index (χ3n) is 4.22. The van der Waals surface area contributed by atoms with Crippen molar-refractivity contribution in [1.29, 1.82) is 0 Å². The maximum absolute atomic E-state index is 14.2. The molecule has 0 saturated carbocycles. The number of hydrogen-bond donors (Lipinski definition) is 2.